The van der Waals surface area contributed by atoms with E-state index in [1.165, 1.54) is 0 Å². The molecular formula is C6H13N3O4S. The van der Waals surface area contributed by atoms with Gasteiger partial charge in [-0.15, -0.1) is 0 Å². The number of nitrogens with two attached hydrogens (primary N) is 1. The SMILES string of the molecule is NS(=O)(=O)N1CCC(NCC(=O)O)C1. The molecule has 8 heteroatoms. The first-order chi connectivity index (χ1) is 6.39. The molecule has 0 radical (unpaired) electrons. The summed E-state index contributed by atoms with van der Waals surface area (Å²) in [5.41, 5.74) is 0. The van der Waals surface area contributed by atoms with Crippen molar-refractivity contribution >= 4 is 16.2 Å². The predicted octanol–water partition coefficient (Wildman–Crippen LogP) is -2.06. The van der Waals surface area contributed by atoms with Crippen molar-refractivity contribution in [1.29, 1.82) is 0 Å². The Morgan fingerprint density at radius 2 is 2.29 bits per heavy atom. The summed E-state index contributed by atoms with van der Waals surface area (Å²) in [5, 5.41) is 16.0. The number of rotatable bonds is 4. The molecule has 0 aromatic carbocycles. The van der Waals surface area contributed by atoms with E-state index in [1.807, 2.05) is 0 Å². The highest BCUT2D eigenvalue weighted by Gasteiger charge is 2.28. The molecule has 0 amide bonds. The van der Waals surface area contributed by atoms with E-state index in [0.29, 0.717) is 13.0 Å². The largest absolute Gasteiger partial charge is 0.480 e. The van der Waals surface area contributed by atoms with Gasteiger partial charge in [0, 0.05) is 19.1 Å². The molecule has 1 aliphatic rings. The van der Waals surface area contributed by atoms with Crippen LogP contribution < -0.4 is 10.5 Å². The molecule has 0 bridgehead atoms. The van der Waals surface area contributed by atoms with E-state index >= 15 is 0 Å². The van der Waals surface area contributed by atoms with E-state index in [9.17, 15) is 13.2 Å². The van der Waals surface area contributed by atoms with Crippen molar-refractivity contribution < 1.29 is 18.3 Å². The van der Waals surface area contributed by atoms with Crippen LogP contribution in [0.4, 0.5) is 0 Å². The van der Waals surface area contributed by atoms with Crippen molar-refractivity contribution in [3.8, 4) is 0 Å². The second kappa shape index (κ2) is 4.22. The number of nitrogens with one attached hydrogen (secondary N) is 1. The number of aliphatic carboxylic acids is 1. The molecule has 0 aromatic rings. The summed E-state index contributed by atoms with van der Waals surface area (Å²) in [6, 6.07) is -0.121. The topological polar surface area (TPSA) is 113 Å². The first-order valence-electron chi connectivity index (χ1n) is 4.12. The van der Waals surface area contributed by atoms with Gasteiger partial charge in [-0.1, -0.05) is 0 Å². The molecule has 82 valence electrons. The summed E-state index contributed by atoms with van der Waals surface area (Å²) < 4.78 is 22.9. The maximum Gasteiger partial charge on any atom is 0.317 e. The quantitative estimate of drug-likeness (QED) is 0.507. The zero-order valence-electron chi connectivity index (χ0n) is 7.51. The van der Waals surface area contributed by atoms with Crippen LogP contribution >= 0.6 is 0 Å². The van der Waals surface area contributed by atoms with E-state index in [4.69, 9.17) is 10.2 Å². The lowest BCUT2D eigenvalue weighted by atomic mass is 10.3. The second-order valence-corrected chi connectivity index (χ2v) is 4.71. The van der Waals surface area contributed by atoms with Gasteiger partial charge in [0.05, 0.1) is 6.54 Å². The highest BCUT2D eigenvalue weighted by molar-refractivity contribution is 7.86. The fourth-order valence-corrected chi connectivity index (χ4v) is 2.11. The Morgan fingerprint density at radius 3 is 2.71 bits per heavy atom. The lowest BCUT2D eigenvalue weighted by Crippen LogP contribution is -2.39. The predicted molar refractivity (Wildman–Crippen MR) is 48.7 cm³/mol. The minimum atomic E-state index is -3.63. The maximum atomic E-state index is 10.9. The van der Waals surface area contributed by atoms with E-state index < -0.39 is 16.2 Å². The number of carboxylic acid groups (broad SMARTS) is 1. The van der Waals surface area contributed by atoms with Gasteiger partial charge in [-0.3, -0.25) is 4.79 Å². The van der Waals surface area contributed by atoms with E-state index in [2.05, 4.69) is 5.32 Å². The van der Waals surface area contributed by atoms with Gasteiger partial charge in [0.2, 0.25) is 0 Å². The van der Waals surface area contributed by atoms with Gasteiger partial charge in [0.15, 0.2) is 0 Å². The summed E-state index contributed by atoms with van der Waals surface area (Å²) in [5.74, 6) is -0.959. The Balaban J connectivity index is 2.38. The number of carbonyl (C=O) groups is 1. The number of hydrogen-bond donors (Lipinski definition) is 3. The first-order valence-corrected chi connectivity index (χ1v) is 5.63. The third kappa shape index (κ3) is 3.22. The molecule has 1 unspecified atom stereocenters. The third-order valence-corrected chi connectivity index (χ3v) is 3.10. The first kappa shape index (κ1) is 11.4. The van der Waals surface area contributed by atoms with Crippen LogP contribution in [-0.2, 0) is 15.0 Å². The van der Waals surface area contributed by atoms with Crippen LogP contribution in [0.15, 0.2) is 0 Å². The van der Waals surface area contributed by atoms with Crippen molar-refractivity contribution in [3.05, 3.63) is 0 Å². The maximum absolute atomic E-state index is 10.9. The van der Waals surface area contributed by atoms with Crippen LogP contribution in [0, 0.1) is 0 Å². The summed E-state index contributed by atoms with van der Waals surface area (Å²) >= 11 is 0. The molecule has 1 heterocycles. The van der Waals surface area contributed by atoms with Gasteiger partial charge in [0.1, 0.15) is 0 Å². The molecule has 0 saturated carbocycles. The van der Waals surface area contributed by atoms with Gasteiger partial charge in [-0.05, 0) is 6.42 Å². The Labute approximate surface area is 82.1 Å². The molecular weight excluding hydrogens is 210 g/mol. The van der Waals surface area contributed by atoms with Crippen LogP contribution in [0.1, 0.15) is 6.42 Å². The summed E-state index contributed by atoms with van der Waals surface area (Å²) in [6.07, 6.45) is 0.587. The molecule has 7 nitrogen and oxygen atoms in total. The fourth-order valence-electron chi connectivity index (χ4n) is 1.36. The van der Waals surface area contributed by atoms with Crippen molar-refractivity contribution in [3.63, 3.8) is 0 Å². The van der Waals surface area contributed by atoms with Crippen LogP contribution in [-0.4, -0.2) is 49.5 Å². The highest BCUT2D eigenvalue weighted by Crippen LogP contribution is 2.10. The Morgan fingerprint density at radius 1 is 1.64 bits per heavy atom. The summed E-state index contributed by atoms with van der Waals surface area (Å²) in [4.78, 5) is 10.2. The Bertz CT molecular complexity index is 315. The van der Waals surface area contributed by atoms with E-state index in [1.54, 1.807) is 0 Å². The summed E-state index contributed by atoms with van der Waals surface area (Å²) in [7, 11) is -3.63. The molecule has 1 atom stereocenters. The van der Waals surface area contributed by atoms with E-state index in [0.717, 1.165) is 4.31 Å². The highest BCUT2D eigenvalue weighted by atomic mass is 32.2. The molecule has 1 saturated heterocycles. The minimum absolute atomic E-state index is 0.121. The monoisotopic (exact) mass is 223 g/mol. The molecule has 0 spiro atoms. The Kier molecular flexibility index (Phi) is 3.43. The molecule has 14 heavy (non-hydrogen) atoms. The number of hydrogen-bond acceptors (Lipinski definition) is 4. The van der Waals surface area contributed by atoms with E-state index in [-0.39, 0.29) is 19.1 Å². The second-order valence-electron chi connectivity index (χ2n) is 3.16. The van der Waals surface area contributed by atoms with Crippen molar-refractivity contribution in [2.75, 3.05) is 19.6 Å². The molecule has 4 N–H and O–H groups in total. The van der Waals surface area contributed by atoms with Crippen molar-refractivity contribution in [2.24, 2.45) is 5.14 Å². The van der Waals surface area contributed by atoms with Gasteiger partial charge in [-0.2, -0.15) is 12.7 Å². The lowest BCUT2D eigenvalue weighted by molar-refractivity contribution is -0.136. The molecule has 0 aromatic heterocycles. The molecule has 1 aliphatic heterocycles. The van der Waals surface area contributed by atoms with Crippen LogP contribution in [0.5, 0.6) is 0 Å². The minimum Gasteiger partial charge on any atom is -0.480 e. The fraction of sp³-hybridized carbons (Fsp3) is 0.833. The standard InChI is InChI=1S/C6H13N3O4S/c7-14(12,13)9-2-1-5(4-9)8-3-6(10)11/h5,8H,1-4H2,(H,10,11)(H2,7,12,13). The van der Waals surface area contributed by atoms with Gasteiger partial charge in [-0.25, -0.2) is 5.14 Å². The number of nitrogens with zero attached hydrogens (tertiary/aromatic N) is 1. The zero-order chi connectivity index (χ0) is 10.8. The van der Waals surface area contributed by atoms with Crippen molar-refractivity contribution in [2.45, 2.75) is 12.5 Å². The Hall–Kier alpha value is -0.700. The molecule has 0 aliphatic carbocycles. The normalized spacial score (nSPS) is 23.9. The van der Waals surface area contributed by atoms with Gasteiger partial charge >= 0.3 is 5.97 Å². The van der Waals surface area contributed by atoms with Gasteiger partial charge in [0.25, 0.3) is 10.2 Å². The lowest BCUT2D eigenvalue weighted by Gasteiger charge is -2.12. The van der Waals surface area contributed by atoms with Crippen LogP contribution in [0.3, 0.4) is 0 Å². The molecule has 1 rings (SSSR count). The smallest absolute Gasteiger partial charge is 0.317 e. The third-order valence-electron chi connectivity index (χ3n) is 2.05. The molecule has 1 fully saturated rings. The summed E-state index contributed by atoms with van der Waals surface area (Å²) in [6.45, 7) is 0.422. The zero-order valence-corrected chi connectivity index (χ0v) is 8.33. The van der Waals surface area contributed by atoms with Crippen LogP contribution in [0.25, 0.3) is 0 Å². The average molecular weight is 223 g/mol. The average Bonchev–Trinajstić information content (AvgIpc) is 2.47. The van der Waals surface area contributed by atoms with Crippen molar-refractivity contribution in [1.82, 2.24) is 9.62 Å². The van der Waals surface area contributed by atoms with Gasteiger partial charge < -0.3 is 10.4 Å². The number of carboxylic acids is 1. The van der Waals surface area contributed by atoms with Crippen LogP contribution in [0.2, 0.25) is 0 Å².